The molecule has 0 bridgehead atoms. The Bertz CT molecular complexity index is 384. The monoisotopic (exact) mass is 237 g/mol. The van der Waals surface area contributed by atoms with Gasteiger partial charge in [-0.05, 0) is 48.9 Å². The molecule has 1 aromatic heterocycles. The molecule has 0 aliphatic carbocycles. The first-order valence-electron chi connectivity index (χ1n) is 5.71. The molecule has 1 N–H and O–H groups in total. The summed E-state index contributed by atoms with van der Waals surface area (Å²) in [5.74, 6) is 0.270. The summed E-state index contributed by atoms with van der Waals surface area (Å²) < 4.78 is 4.07. The van der Waals surface area contributed by atoms with Crippen LogP contribution < -0.4 is 10.2 Å². The lowest BCUT2D eigenvalue weighted by Crippen LogP contribution is -2.38. The van der Waals surface area contributed by atoms with Gasteiger partial charge >= 0.3 is 0 Å². The highest BCUT2D eigenvalue weighted by Gasteiger charge is 2.44. The van der Waals surface area contributed by atoms with Gasteiger partial charge in [0.15, 0.2) is 0 Å². The first-order valence-corrected chi connectivity index (χ1v) is 6.48. The number of carbonyl (C=O) groups is 1. The van der Waals surface area contributed by atoms with Crippen molar-refractivity contribution in [3.8, 4) is 0 Å². The lowest BCUT2D eigenvalue weighted by atomic mass is 9.78. The van der Waals surface area contributed by atoms with Crippen LogP contribution in [-0.4, -0.2) is 29.9 Å². The van der Waals surface area contributed by atoms with Crippen LogP contribution in [0.3, 0.4) is 0 Å². The standard InChI is InChI=1S/C11H15N3OS/c15-9-7-11(2-5-12-6-3-11)8-14(9)10-1-4-13-16-10/h1,4,12H,2-3,5-8H2. The molecule has 86 valence electrons. The van der Waals surface area contributed by atoms with E-state index >= 15 is 0 Å². The highest BCUT2D eigenvalue weighted by Crippen LogP contribution is 2.41. The summed E-state index contributed by atoms with van der Waals surface area (Å²) in [6.07, 6.45) is 4.72. The zero-order chi connectivity index (χ0) is 11.0. The topological polar surface area (TPSA) is 45.2 Å². The fraction of sp³-hybridized carbons (Fsp3) is 0.636. The molecule has 0 atom stereocenters. The molecule has 0 radical (unpaired) electrons. The largest absolute Gasteiger partial charge is 0.317 e. The van der Waals surface area contributed by atoms with Gasteiger partial charge in [-0.2, -0.15) is 4.37 Å². The van der Waals surface area contributed by atoms with Crippen molar-refractivity contribution in [1.29, 1.82) is 0 Å². The zero-order valence-electron chi connectivity index (χ0n) is 9.11. The molecule has 2 fully saturated rings. The summed E-state index contributed by atoms with van der Waals surface area (Å²) in [5, 5.41) is 4.36. The Labute approximate surface area is 98.8 Å². The normalized spacial score (nSPS) is 24.2. The number of aromatic nitrogens is 1. The van der Waals surface area contributed by atoms with Gasteiger partial charge in [-0.15, -0.1) is 0 Å². The maximum absolute atomic E-state index is 12.0. The Morgan fingerprint density at radius 1 is 1.44 bits per heavy atom. The van der Waals surface area contributed by atoms with Crippen molar-refractivity contribution in [2.75, 3.05) is 24.5 Å². The maximum atomic E-state index is 12.0. The minimum absolute atomic E-state index is 0.228. The molecule has 2 saturated heterocycles. The van der Waals surface area contributed by atoms with E-state index in [1.54, 1.807) is 6.20 Å². The predicted molar refractivity (Wildman–Crippen MR) is 63.6 cm³/mol. The summed E-state index contributed by atoms with van der Waals surface area (Å²) in [6.45, 7) is 2.98. The number of amides is 1. The van der Waals surface area contributed by atoms with E-state index in [1.807, 2.05) is 11.0 Å². The van der Waals surface area contributed by atoms with Crippen LogP contribution in [0.15, 0.2) is 12.3 Å². The van der Waals surface area contributed by atoms with Crippen LogP contribution in [0.2, 0.25) is 0 Å². The summed E-state index contributed by atoms with van der Waals surface area (Å²) in [4.78, 5) is 14.0. The maximum Gasteiger partial charge on any atom is 0.228 e. The van der Waals surface area contributed by atoms with Crippen LogP contribution >= 0.6 is 11.5 Å². The van der Waals surface area contributed by atoms with Crippen molar-refractivity contribution in [1.82, 2.24) is 9.69 Å². The van der Waals surface area contributed by atoms with Crippen LogP contribution in [0.1, 0.15) is 19.3 Å². The van der Waals surface area contributed by atoms with Crippen LogP contribution in [0, 0.1) is 5.41 Å². The highest BCUT2D eigenvalue weighted by molar-refractivity contribution is 7.10. The summed E-state index contributed by atoms with van der Waals surface area (Å²) in [7, 11) is 0. The van der Waals surface area contributed by atoms with Gasteiger partial charge in [0.2, 0.25) is 5.91 Å². The number of hydrogen-bond acceptors (Lipinski definition) is 4. The number of hydrogen-bond donors (Lipinski definition) is 1. The number of piperidine rings is 1. The molecule has 2 aliphatic rings. The van der Waals surface area contributed by atoms with Crippen LogP contribution in [0.25, 0.3) is 0 Å². The Balaban J connectivity index is 1.81. The fourth-order valence-corrected chi connectivity index (χ4v) is 3.35. The molecule has 2 aliphatic heterocycles. The predicted octanol–water partition coefficient (Wildman–Crippen LogP) is 1.25. The number of nitrogens with one attached hydrogen (secondary N) is 1. The average Bonchev–Trinajstić information content (AvgIpc) is 2.88. The van der Waals surface area contributed by atoms with Gasteiger partial charge in [0.1, 0.15) is 5.00 Å². The Morgan fingerprint density at radius 3 is 2.94 bits per heavy atom. The number of rotatable bonds is 1. The lowest BCUT2D eigenvalue weighted by Gasteiger charge is -2.32. The number of carbonyl (C=O) groups excluding carboxylic acids is 1. The van der Waals surface area contributed by atoms with Gasteiger partial charge in [0.25, 0.3) is 0 Å². The van der Waals surface area contributed by atoms with Crippen molar-refractivity contribution in [2.45, 2.75) is 19.3 Å². The molecule has 16 heavy (non-hydrogen) atoms. The van der Waals surface area contributed by atoms with Gasteiger partial charge in [-0.3, -0.25) is 4.79 Å². The number of anilines is 1. The van der Waals surface area contributed by atoms with Crippen molar-refractivity contribution < 1.29 is 4.79 Å². The second-order valence-corrected chi connectivity index (χ2v) is 5.57. The Hall–Kier alpha value is -0.940. The quantitative estimate of drug-likeness (QED) is 0.799. The van der Waals surface area contributed by atoms with E-state index in [0.29, 0.717) is 6.42 Å². The molecule has 4 nitrogen and oxygen atoms in total. The van der Waals surface area contributed by atoms with Gasteiger partial charge in [0, 0.05) is 19.2 Å². The molecular weight excluding hydrogens is 222 g/mol. The second-order valence-electron chi connectivity index (χ2n) is 4.76. The fourth-order valence-electron chi connectivity index (χ4n) is 2.74. The van der Waals surface area contributed by atoms with E-state index in [-0.39, 0.29) is 11.3 Å². The third-order valence-corrected chi connectivity index (χ3v) is 4.45. The molecule has 5 heteroatoms. The molecule has 0 unspecified atom stereocenters. The molecule has 0 aromatic carbocycles. The Morgan fingerprint density at radius 2 is 2.25 bits per heavy atom. The number of nitrogens with zero attached hydrogens (tertiary/aromatic N) is 2. The molecule has 1 spiro atoms. The summed E-state index contributed by atoms with van der Waals surface area (Å²) in [6, 6.07) is 1.93. The molecule has 1 aromatic rings. The summed E-state index contributed by atoms with van der Waals surface area (Å²) in [5.41, 5.74) is 0.228. The minimum Gasteiger partial charge on any atom is -0.317 e. The van der Waals surface area contributed by atoms with E-state index in [9.17, 15) is 4.79 Å². The third kappa shape index (κ3) is 1.64. The average molecular weight is 237 g/mol. The van der Waals surface area contributed by atoms with E-state index in [4.69, 9.17) is 0 Å². The van der Waals surface area contributed by atoms with Crippen molar-refractivity contribution in [3.63, 3.8) is 0 Å². The highest BCUT2D eigenvalue weighted by atomic mass is 32.1. The second kappa shape index (κ2) is 3.82. The van der Waals surface area contributed by atoms with E-state index < -0.39 is 0 Å². The lowest BCUT2D eigenvalue weighted by molar-refractivity contribution is -0.117. The van der Waals surface area contributed by atoms with Crippen molar-refractivity contribution in [2.24, 2.45) is 5.41 Å². The van der Waals surface area contributed by atoms with Crippen LogP contribution in [-0.2, 0) is 4.79 Å². The molecule has 1 amide bonds. The van der Waals surface area contributed by atoms with E-state index in [1.165, 1.54) is 11.5 Å². The minimum atomic E-state index is 0.228. The van der Waals surface area contributed by atoms with Gasteiger partial charge < -0.3 is 10.2 Å². The molecule has 0 saturated carbocycles. The Kier molecular flexibility index (Phi) is 2.44. The van der Waals surface area contributed by atoms with E-state index in [0.717, 1.165) is 37.5 Å². The summed E-state index contributed by atoms with van der Waals surface area (Å²) >= 11 is 1.41. The smallest absolute Gasteiger partial charge is 0.228 e. The molecule has 3 heterocycles. The van der Waals surface area contributed by atoms with E-state index in [2.05, 4.69) is 9.69 Å². The molecular formula is C11H15N3OS. The molecule has 3 rings (SSSR count). The first kappa shape index (κ1) is 10.2. The third-order valence-electron chi connectivity index (χ3n) is 3.68. The van der Waals surface area contributed by atoms with Crippen molar-refractivity contribution in [3.05, 3.63) is 12.3 Å². The first-order chi connectivity index (χ1) is 7.79. The van der Waals surface area contributed by atoms with Crippen LogP contribution in [0.5, 0.6) is 0 Å². The zero-order valence-corrected chi connectivity index (χ0v) is 9.92. The van der Waals surface area contributed by atoms with Gasteiger partial charge in [-0.25, -0.2) is 0 Å². The van der Waals surface area contributed by atoms with Crippen molar-refractivity contribution >= 4 is 22.4 Å². The van der Waals surface area contributed by atoms with Gasteiger partial charge in [-0.1, -0.05) is 0 Å². The SMILES string of the molecule is O=C1CC2(CCNCC2)CN1c1ccns1. The van der Waals surface area contributed by atoms with Gasteiger partial charge in [0.05, 0.1) is 0 Å². The van der Waals surface area contributed by atoms with Crippen LogP contribution in [0.4, 0.5) is 5.00 Å².